The maximum absolute atomic E-state index is 14.2. The van der Waals surface area contributed by atoms with Crippen LogP contribution in [0.25, 0.3) is 0 Å². The fourth-order valence-corrected chi connectivity index (χ4v) is 5.92. The van der Waals surface area contributed by atoms with Gasteiger partial charge >= 0.3 is 0 Å². The highest BCUT2D eigenvalue weighted by Gasteiger charge is 2.42. The van der Waals surface area contributed by atoms with E-state index in [-0.39, 0.29) is 37.1 Å². The predicted molar refractivity (Wildman–Crippen MR) is 150 cm³/mol. The van der Waals surface area contributed by atoms with Crippen molar-refractivity contribution in [2.75, 3.05) is 24.8 Å². The van der Waals surface area contributed by atoms with Crippen molar-refractivity contribution in [2.45, 2.75) is 84.5 Å². The third kappa shape index (κ3) is 5.65. The van der Waals surface area contributed by atoms with Gasteiger partial charge in [-0.25, -0.2) is 0 Å². The third-order valence-electron chi connectivity index (χ3n) is 8.11. The zero-order valence-electron chi connectivity index (χ0n) is 23.6. The van der Waals surface area contributed by atoms with Gasteiger partial charge < -0.3 is 29.3 Å². The normalized spacial score (nSPS) is 20.8. The summed E-state index contributed by atoms with van der Waals surface area (Å²) in [7, 11) is 0. The predicted octanol–water partition coefficient (Wildman–Crippen LogP) is 5.20. The Kier molecular flexibility index (Phi) is 8.19. The van der Waals surface area contributed by atoms with E-state index < -0.39 is 12.1 Å². The molecule has 39 heavy (non-hydrogen) atoms. The molecule has 3 aliphatic rings. The molecule has 1 aliphatic carbocycles. The highest BCUT2D eigenvalue weighted by molar-refractivity contribution is 5.92. The van der Waals surface area contributed by atoms with Crippen molar-refractivity contribution in [3.63, 3.8) is 0 Å². The monoisotopic (exact) mass is 535 g/mol. The van der Waals surface area contributed by atoms with Gasteiger partial charge in [0.15, 0.2) is 17.6 Å². The van der Waals surface area contributed by atoms with E-state index in [2.05, 4.69) is 24.1 Å². The summed E-state index contributed by atoms with van der Waals surface area (Å²) in [5.41, 5.74) is 2.61. The Morgan fingerprint density at radius 3 is 2.46 bits per heavy atom. The molecule has 2 aromatic carbocycles. The number of nitrogens with one attached hydrogen (secondary N) is 1. The molecule has 5 rings (SSSR count). The maximum atomic E-state index is 14.2. The molecule has 1 saturated carbocycles. The molecule has 0 spiro atoms. The molecular formula is C31H41N3O5. The standard InChI is InChI=1S/C31H41N3O5/c1-5-33(6-2)23-13-14-24-26(17-23)39-29(20(3)4)31(36)34(18-21-12-15-25-27(16-21)38-19-37-25)28(24)30(35)32-22-10-8-7-9-11-22/h12-17,20,22,28-29H,5-11,18-19H2,1-4H3,(H,32,35). The average Bonchev–Trinajstić information content (AvgIpc) is 3.36. The van der Waals surface area contributed by atoms with Gasteiger partial charge in [0.2, 0.25) is 12.7 Å². The second kappa shape index (κ2) is 11.8. The Balaban J connectivity index is 1.57. The summed E-state index contributed by atoms with van der Waals surface area (Å²) >= 11 is 0. The van der Waals surface area contributed by atoms with E-state index >= 15 is 0 Å². The van der Waals surface area contributed by atoms with Crippen molar-refractivity contribution in [2.24, 2.45) is 5.92 Å². The van der Waals surface area contributed by atoms with E-state index in [1.807, 2.05) is 50.2 Å². The van der Waals surface area contributed by atoms with Crippen LogP contribution in [-0.4, -0.2) is 48.7 Å². The Hall–Kier alpha value is -3.42. The van der Waals surface area contributed by atoms with Crippen LogP contribution in [0.4, 0.5) is 5.69 Å². The van der Waals surface area contributed by atoms with Crippen LogP contribution in [0, 0.1) is 5.92 Å². The van der Waals surface area contributed by atoms with Crippen LogP contribution in [0.1, 0.15) is 77.0 Å². The van der Waals surface area contributed by atoms with Gasteiger partial charge in [-0.2, -0.15) is 0 Å². The van der Waals surface area contributed by atoms with Crippen LogP contribution in [0.2, 0.25) is 0 Å². The number of benzene rings is 2. The van der Waals surface area contributed by atoms with Crippen LogP contribution < -0.4 is 24.4 Å². The van der Waals surface area contributed by atoms with Crippen LogP contribution in [0.5, 0.6) is 17.2 Å². The zero-order chi connectivity index (χ0) is 27.5. The minimum Gasteiger partial charge on any atom is -0.480 e. The highest BCUT2D eigenvalue weighted by atomic mass is 16.7. The fourth-order valence-electron chi connectivity index (χ4n) is 5.92. The van der Waals surface area contributed by atoms with Crippen molar-refractivity contribution in [1.29, 1.82) is 0 Å². The minimum atomic E-state index is -0.811. The molecule has 2 aliphatic heterocycles. The number of anilines is 1. The van der Waals surface area contributed by atoms with Crippen molar-refractivity contribution in [3.8, 4) is 17.2 Å². The van der Waals surface area contributed by atoms with Crippen LogP contribution >= 0.6 is 0 Å². The zero-order valence-corrected chi connectivity index (χ0v) is 23.6. The topological polar surface area (TPSA) is 80.3 Å². The van der Waals surface area contributed by atoms with Gasteiger partial charge in [-0.3, -0.25) is 9.59 Å². The number of rotatable bonds is 8. The van der Waals surface area contributed by atoms with Crippen LogP contribution in [0.15, 0.2) is 36.4 Å². The lowest BCUT2D eigenvalue weighted by atomic mass is 9.94. The summed E-state index contributed by atoms with van der Waals surface area (Å²) in [6, 6.07) is 11.0. The molecule has 0 saturated heterocycles. The molecule has 2 aromatic rings. The number of hydrogen-bond acceptors (Lipinski definition) is 6. The summed E-state index contributed by atoms with van der Waals surface area (Å²) in [5, 5.41) is 3.30. The molecule has 2 heterocycles. The van der Waals surface area contributed by atoms with E-state index in [0.29, 0.717) is 17.2 Å². The second-order valence-electron chi connectivity index (χ2n) is 11.1. The van der Waals surface area contributed by atoms with Crippen LogP contribution in [0.3, 0.4) is 0 Å². The first-order valence-corrected chi connectivity index (χ1v) is 14.4. The van der Waals surface area contributed by atoms with Crippen molar-refractivity contribution >= 4 is 17.5 Å². The third-order valence-corrected chi connectivity index (χ3v) is 8.11. The largest absolute Gasteiger partial charge is 0.480 e. The molecule has 8 heteroatoms. The number of amides is 2. The molecule has 1 fully saturated rings. The first-order valence-electron chi connectivity index (χ1n) is 14.4. The van der Waals surface area contributed by atoms with Crippen molar-refractivity contribution in [3.05, 3.63) is 47.5 Å². The number of carbonyl (C=O) groups is 2. The van der Waals surface area contributed by atoms with Crippen molar-refractivity contribution in [1.82, 2.24) is 10.2 Å². The lowest BCUT2D eigenvalue weighted by Crippen LogP contribution is -2.49. The Morgan fingerprint density at radius 1 is 1.00 bits per heavy atom. The van der Waals surface area contributed by atoms with Crippen molar-refractivity contribution < 1.29 is 23.8 Å². The molecule has 0 bridgehead atoms. The molecule has 2 atom stereocenters. The molecule has 1 N–H and O–H groups in total. The molecule has 0 radical (unpaired) electrons. The Bertz CT molecular complexity index is 1190. The number of ether oxygens (including phenoxy) is 3. The summed E-state index contributed by atoms with van der Waals surface area (Å²) in [6.07, 6.45) is 4.64. The number of fused-ring (bicyclic) bond motifs is 2. The highest BCUT2D eigenvalue weighted by Crippen LogP contribution is 2.40. The molecule has 210 valence electrons. The lowest BCUT2D eigenvalue weighted by molar-refractivity contribution is -0.147. The van der Waals surface area contributed by atoms with Gasteiger partial charge in [-0.15, -0.1) is 0 Å². The molecular weight excluding hydrogens is 494 g/mol. The number of nitrogens with zero attached hydrogens (tertiary/aromatic N) is 2. The molecule has 2 unspecified atom stereocenters. The SMILES string of the molecule is CCN(CC)c1ccc2c(c1)OC(C(C)C)C(=O)N(Cc1ccc3c(c1)OCO3)C2C(=O)NC1CCCCC1. The minimum absolute atomic E-state index is 0.0816. The molecule has 2 amide bonds. The Morgan fingerprint density at radius 2 is 1.74 bits per heavy atom. The summed E-state index contributed by atoms with van der Waals surface area (Å²) in [6.45, 7) is 10.3. The average molecular weight is 536 g/mol. The van der Waals surface area contributed by atoms with E-state index in [0.717, 1.165) is 55.6 Å². The fraction of sp³-hybridized carbons (Fsp3) is 0.548. The smallest absolute Gasteiger partial charge is 0.265 e. The van der Waals surface area contributed by atoms with E-state index in [9.17, 15) is 9.59 Å². The van der Waals surface area contributed by atoms with E-state index in [1.54, 1.807) is 4.90 Å². The lowest BCUT2D eigenvalue weighted by Gasteiger charge is -2.33. The Labute approximate surface area is 231 Å². The van der Waals surface area contributed by atoms with E-state index in [1.165, 1.54) is 6.42 Å². The first kappa shape index (κ1) is 27.2. The molecule has 8 nitrogen and oxygen atoms in total. The maximum Gasteiger partial charge on any atom is 0.265 e. The van der Waals surface area contributed by atoms with Gasteiger partial charge in [0.25, 0.3) is 5.91 Å². The van der Waals surface area contributed by atoms with Gasteiger partial charge in [-0.05, 0) is 56.4 Å². The number of carbonyl (C=O) groups excluding carboxylic acids is 2. The van der Waals surface area contributed by atoms with Gasteiger partial charge in [0.05, 0.1) is 0 Å². The van der Waals surface area contributed by atoms with Gasteiger partial charge in [-0.1, -0.05) is 45.2 Å². The van der Waals surface area contributed by atoms with E-state index in [4.69, 9.17) is 14.2 Å². The van der Waals surface area contributed by atoms with Gasteiger partial charge in [0.1, 0.15) is 11.8 Å². The van der Waals surface area contributed by atoms with Gasteiger partial charge in [0, 0.05) is 43.0 Å². The summed E-state index contributed by atoms with van der Waals surface area (Å²) in [5.74, 6) is 1.52. The second-order valence-corrected chi connectivity index (χ2v) is 11.1. The summed E-state index contributed by atoms with van der Waals surface area (Å²) < 4.78 is 17.6. The number of hydrogen-bond donors (Lipinski definition) is 1. The van der Waals surface area contributed by atoms with Crippen LogP contribution in [-0.2, 0) is 16.1 Å². The quantitative estimate of drug-likeness (QED) is 0.501. The summed E-state index contributed by atoms with van der Waals surface area (Å²) in [4.78, 5) is 32.2. The first-order chi connectivity index (χ1) is 18.9. The molecule has 0 aromatic heterocycles.